The SMILES string of the molecule is CC(C)c1ccc(Oc2cc3c4c(cc(Oc5ccc(C(C)C)cc5)c5c6c(Oc7ccc(C(C)C)cc7)cc7c8c(cc(Oc9ccc(C(C)C)cc9)c(c2c45)c86)C(=O)N(C(C(=O)OCCNCC2CO2)c2ccc4c(c2)oc2ccccc24)C7=O)C(=O)N(C(C(=O)OCCNCC2CO2)c2ccc4c(c2)oc2ccccc24)C3=O)cc1. The largest absolute Gasteiger partial charge is 0.463 e. The number of hydrogen-bond donors (Lipinski definition) is 2. The molecule has 0 aliphatic carbocycles. The molecule has 2 aromatic heterocycles. The summed E-state index contributed by atoms with van der Waals surface area (Å²) in [7, 11) is 0. The number of carbonyl (C=O) groups excluding carboxylic acids is 6. The maximum Gasteiger partial charge on any atom is 0.334 e. The van der Waals surface area contributed by atoms with Crippen molar-refractivity contribution in [3.05, 3.63) is 262 Å². The molecular formula is C98H84N4O16. The van der Waals surface area contributed by atoms with E-state index in [-0.39, 0.29) is 162 Å². The van der Waals surface area contributed by atoms with Gasteiger partial charge < -0.3 is 57.4 Å². The van der Waals surface area contributed by atoms with Crippen LogP contribution in [0.15, 0.2) is 215 Å². The van der Waals surface area contributed by atoms with Crippen LogP contribution in [0.3, 0.4) is 0 Å². The maximum atomic E-state index is 17.0. The third-order valence-corrected chi connectivity index (χ3v) is 23.1. The second kappa shape index (κ2) is 30.3. The zero-order valence-corrected chi connectivity index (χ0v) is 66.3. The highest BCUT2D eigenvalue weighted by Crippen LogP contribution is 2.59. The topological polar surface area (TPSA) is 240 Å². The fourth-order valence-corrected chi connectivity index (χ4v) is 16.6. The number of fused-ring (bicyclic) bond motifs is 8. The Kier molecular flexibility index (Phi) is 19.3. The molecule has 4 aliphatic heterocycles. The summed E-state index contributed by atoms with van der Waals surface area (Å²) in [4.78, 5) is 101. The standard InChI is InChI=1S/C98H84N4O16/c1-51(2)55-17-27-61(28-18-55)113-79-43-71-83-72(94(104)101(93(71)103)91(97(107)109-39-37-99-47-65-49-111-65)59-25-35-69-67-13-9-11-15-75(67)117-77(69)41-59)45-81(115-63-31-21-57(22-32-63)53(5)6)87-88-82(116-64-33-23-58(24-34-64)54(7)8)46-74-84-73(44-80(86(90(84)88)85(79)89(83)87)114-62-29-19-56(20-30-62)52(3)4)95(105)102(96(74)106)92(98(108)110-40-38-100-48-66-50-112-66)60-26-36-70-68-14-10-12-16-76(68)118-78(70)42-60/h9-36,41-46,51-54,65-66,91-92,99-100H,37-40,47-50H2,1-8H3. The van der Waals surface area contributed by atoms with Gasteiger partial charge in [0.1, 0.15) is 81.5 Å². The van der Waals surface area contributed by atoms with Gasteiger partial charge in [-0.15, -0.1) is 0 Å². The molecule has 0 saturated carbocycles. The molecule has 2 fully saturated rings. The number of para-hydroxylation sites is 2. The maximum absolute atomic E-state index is 17.0. The highest BCUT2D eigenvalue weighted by molar-refractivity contribution is 6.45. The molecule has 4 amide bonds. The lowest BCUT2D eigenvalue weighted by molar-refractivity contribution is -0.149. The van der Waals surface area contributed by atoms with Crippen LogP contribution in [0.25, 0.3) is 87.0 Å². The number of amides is 4. The van der Waals surface area contributed by atoms with Gasteiger partial charge in [0.05, 0.1) is 47.7 Å². The summed E-state index contributed by atoms with van der Waals surface area (Å²) in [5.41, 5.74) is 6.27. The second-order valence-corrected chi connectivity index (χ2v) is 32.1. The van der Waals surface area contributed by atoms with Crippen LogP contribution in [0.4, 0.5) is 0 Å². The first-order chi connectivity index (χ1) is 57.3. The van der Waals surface area contributed by atoms with Crippen LogP contribution >= 0.6 is 0 Å². The lowest BCUT2D eigenvalue weighted by Gasteiger charge is -2.35. The summed E-state index contributed by atoms with van der Waals surface area (Å²) in [6.45, 7) is 19.2. The monoisotopic (exact) mass is 1570 g/mol. The van der Waals surface area contributed by atoms with Gasteiger partial charge in [0, 0.05) is 90.8 Å². The van der Waals surface area contributed by atoms with E-state index in [0.29, 0.717) is 71.6 Å². The second-order valence-electron chi connectivity index (χ2n) is 32.1. The van der Waals surface area contributed by atoms with E-state index >= 15 is 28.8 Å². The lowest BCUT2D eigenvalue weighted by Crippen LogP contribution is -2.46. The number of ether oxygens (including phenoxy) is 8. The van der Waals surface area contributed by atoms with Gasteiger partial charge in [0.25, 0.3) is 23.6 Å². The van der Waals surface area contributed by atoms with E-state index in [4.69, 9.17) is 46.7 Å². The van der Waals surface area contributed by atoms with Gasteiger partial charge in [-0.2, -0.15) is 0 Å². The van der Waals surface area contributed by atoms with Gasteiger partial charge in [0.15, 0.2) is 12.1 Å². The highest BCUT2D eigenvalue weighted by Gasteiger charge is 2.48. The normalized spacial score (nSPS) is 15.8. The van der Waals surface area contributed by atoms with Crippen LogP contribution in [0.2, 0.25) is 0 Å². The van der Waals surface area contributed by atoms with Crippen LogP contribution in [0.5, 0.6) is 46.0 Å². The van der Waals surface area contributed by atoms with Gasteiger partial charge in [-0.25, -0.2) is 9.59 Å². The Morgan fingerprint density at radius 1 is 0.347 bits per heavy atom. The Hall–Kier alpha value is -13.0. The molecule has 592 valence electrons. The average molecular weight is 1570 g/mol. The predicted molar refractivity (Wildman–Crippen MR) is 451 cm³/mol. The molecule has 0 spiro atoms. The molecule has 19 rings (SSSR count). The number of nitrogens with zero attached hydrogens (tertiary/aromatic N) is 2. The molecule has 15 aromatic rings. The fourth-order valence-electron chi connectivity index (χ4n) is 16.6. The Labute approximate surface area is 678 Å². The first-order valence-electron chi connectivity index (χ1n) is 40.3. The number of hydrogen-bond acceptors (Lipinski definition) is 18. The summed E-state index contributed by atoms with van der Waals surface area (Å²) in [5.74, 6) is -3.26. The van der Waals surface area contributed by atoms with Crippen molar-refractivity contribution in [2.45, 2.75) is 103 Å². The summed E-state index contributed by atoms with van der Waals surface area (Å²) >= 11 is 0. The summed E-state index contributed by atoms with van der Waals surface area (Å²) in [6, 6.07) is 58.7. The van der Waals surface area contributed by atoms with Crippen LogP contribution in [0, 0.1) is 0 Å². The molecule has 20 heteroatoms. The molecule has 2 N–H and O–H groups in total. The van der Waals surface area contributed by atoms with Gasteiger partial charge in [0.2, 0.25) is 0 Å². The Bertz CT molecular complexity index is 5940. The smallest absolute Gasteiger partial charge is 0.334 e. The molecule has 118 heavy (non-hydrogen) atoms. The Morgan fingerprint density at radius 2 is 0.627 bits per heavy atom. The Balaban J connectivity index is 0.908. The van der Waals surface area contributed by atoms with Crippen molar-refractivity contribution in [2.24, 2.45) is 0 Å². The molecular weight excluding hydrogens is 1490 g/mol. The first-order valence-corrected chi connectivity index (χ1v) is 40.3. The zero-order valence-electron chi connectivity index (χ0n) is 66.3. The Morgan fingerprint density at radius 3 is 0.915 bits per heavy atom. The van der Waals surface area contributed by atoms with Gasteiger partial charge in [-0.05, 0) is 154 Å². The van der Waals surface area contributed by atoms with Crippen molar-refractivity contribution in [3.63, 3.8) is 0 Å². The van der Waals surface area contributed by atoms with Crippen molar-refractivity contribution < 1.29 is 75.5 Å². The molecule has 2 saturated heterocycles. The van der Waals surface area contributed by atoms with Crippen LogP contribution in [-0.4, -0.2) is 110 Å². The zero-order chi connectivity index (χ0) is 81.1. The molecule has 4 unspecified atom stereocenters. The number of esters is 2. The minimum Gasteiger partial charge on any atom is -0.463 e. The number of rotatable bonds is 28. The first kappa shape index (κ1) is 75.1. The fraction of sp³-hybridized carbons (Fsp3) is 0.245. The van der Waals surface area contributed by atoms with E-state index in [9.17, 15) is 0 Å². The molecule has 4 aliphatic rings. The quantitative estimate of drug-likeness (QED) is 0.0116. The molecule has 13 aromatic carbocycles. The summed E-state index contributed by atoms with van der Waals surface area (Å²) in [5, 5.41) is 11.5. The van der Waals surface area contributed by atoms with Gasteiger partial charge >= 0.3 is 11.9 Å². The van der Waals surface area contributed by atoms with Crippen LogP contribution in [0.1, 0.15) is 166 Å². The molecule has 0 radical (unpaired) electrons. The van der Waals surface area contributed by atoms with Gasteiger partial charge in [-0.1, -0.05) is 165 Å². The highest BCUT2D eigenvalue weighted by atomic mass is 16.6. The number of nitrogens with one attached hydrogen (secondary N) is 2. The third kappa shape index (κ3) is 13.6. The van der Waals surface area contributed by atoms with Crippen molar-refractivity contribution in [3.8, 4) is 46.0 Å². The van der Waals surface area contributed by atoms with Crippen molar-refractivity contribution in [2.75, 3.05) is 52.6 Å². The van der Waals surface area contributed by atoms with Crippen molar-refractivity contribution >= 4 is 123 Å². The van der Waals surface area contributed by atoms with Crippen molar-refractivity contribution in [1.29, 1.82) is 0 Å². The van der Waals surface area contributed by atoms with E-state index in [2.05, 4.69) is 66.0 Å². The average Bonchev–Trinajstić information content (AvgIpc) is 0.709. The minimum atomic E-state index is -1.73. The van der Waals surface area contributed by atoms with Gasteiger partial charge in [-0.3, -0.25) is 29.0 Å². The lowest BCUT2D eigenvalue weighted by atomic mass is 9.80. The van der Waals surface area contributed by atoms with E-state index in [1.54, 1.807) is 48.5 Å². The molecule has 4 atom stereocenters. The number of epoxide rings is 2. The van der Waals surface area contributed by atoms with Crippen molar-refractivity contribution in [1.82, 2.24) is 20.4 Å². The van der Waals surface area contributed by atoms with Crippen LogP contribution in [-0.2, 0) is 28.5 Å². The number of benzene rings is 13. The van der Waals surface area contributed by atoms with E-state index in [1.165, 1.54) is 0 Å². The number of carbonyl (C=O) groups is 6. The summed E-state index contributed by atoms with van der Waals surface area (Å²) in [6.07, 6.45) is 0.0790. The molecule has 0 bridgehead atoms. The van der Waals surface area contributed by atoms with E-state index in [1.807, 2.05) is 158 Å². The molecule has 6 heterocycles. The minimum absolute atomic E-state index is 0.0395. The predicted octanol–water partition coefficient (Wildman–Crippen LogP) is 20.9. The number of imide groups is 2. The number of furan rings is 2. The van der Waals surface area contributed by atoms with E-state index in [0.717, 1.165) is 53.6 Å². The third-order valence-electron chi connectivity index (χ3n) is 23.1. The van der Waals surface area contributed by atoms with Crippen LogP contribution < -0.4 is 29.6 Å². The summed E-state index contributed by atoms with van der Waals surface area (Å²) < 4.78 is 65.9. The molecule has 20 nitrogen and oxygen atoms in total. The van der Waals surface area contributed by atoms with E-state index < -0.39 is 47.7 Å².